The van der Waals surface area contributed by atoms with Crippen molar-refractivity contribution >= 4 is 28.6 Å². The Labute approximate surface area is 200 Å². The number of rotatable bonds is 8. The van der Waals surface area contributed by atoms with Crippen LogP contribution in [0.25, 0.3) is 11.1 Å². The molecule has 4 aromatic rings. The first-order valence-electron chi connectivity index (χ1n) is 10.5. The third-order valence-electron chi connectivity index (χ3n) is 5.11. The third-order valence-corrected chi connectivity index (χ3v) is 5.35. The van der Waals surface area contributed by atoms with Gasteiger partial charge in [0.25, 0.3) is 5.91 Å². The summed E-state index contributed by atoms with van der Waals surface area (Å²) in [5, 5.41) is 3.04. The van der Waals surface area contributed by atoms with Crippen LogP contribution in [0.2, 0.25) is 5.02 Å². The summed E-state index contributed by atoms with van der Waals surface area (Å²) < 4.78 is 40.2. The highest BCUT2D eigenvalue weighted by atomic mass is 35.5. The van der Waals surface area contributed by atoms with Crippen molar-refractivity contribution in [3.63, 3.8) is 0 Å². The predicted octanol–water partition coefficient (Wildman–Crippen LogP) is 5.47. The maximum atomic E-state index is 14.9. The average molecular weight is 486 g/mol. The first-order chi connectivity index (χ1) is 16.3. The molecule has 0 radical (unpaired) electrons. The molecule has 0 atom stereocenters. The highest BCUT2D eigenvalue weighted by Gasteiger charge is 2.22. The number of fused-ring (bicyclic) bond motifs is 1. The zero-order valence-electron chi connectivity index (χ0n) is 18.6. The zero-order chi connectivity index (χ0) is 24.2. The van der Waals surface area contributed by atoms with E-state index in [9.17, 15) is 13.6 Å². The van der Waals surface area contributed by atoms with E-state index in [0.717, 1.165) is 23.3 Å². The quantitative estimate of drug-likeness (QED) is 0.335. The monoisotopic (exact) mass is 485 g/mol. The van der Waals surface area contributed by atoms with Gasteiger partial charge in [-0.3, -0.25) is 9.69 Å². The number of benzene rings is 3. The topological polar surface area (TPSA) is 67.6 Å². The van der Waals surface area contributed by atoms with E-state index < -0.39 is 23.1 Å². The Morgan fingerprint density at radius 3 is 2.68 bits per heavy atom. The minimum Gasteiger partial charge on any atom is -0.481 e. The van der Waals surface area contributed by atoms with Gasteiger partial charge in [-0.25, -0.2) is 13.8 Å². The zero-order valence-corrected chi connectivity index (χ0v) is 19.3. The molecule has 1 heterocycles. The van der Waals surface area contributed by atoms with Crippen molar-refractivity contribution in [3.05, 3.63) is 93.8 Å². The molecule has 0 saturated carbocycles. The lowest BCUT2D eigenvalue weighted by Crippen LogP contribution is -2.35. The summed E-state index contributed by atoms with van der Waals surface area (Å²) >= 11 is 5.94. The highest BCUT2D eigenvalue weighted by Crippen LogP contribution is 2.25. The number of ether oxygens (including phenoxy) is 1. The number of carbonyl (C=O) groups is 1. The van der Waals surface area contributed by atoms with E-state index in [-0.39, 0.29) is 24.9 Å². The summed E-state index contributed by atoms with van der Waals surface area (Å²) in [4.78, 5) is 18.6. The molecule has 0 bridgehead atoms. The Bertz CT molecular complexity index is 1330. The van der Waals surface area contributed by atoms with Gasteiger partial charge in [0, 0.05) is 11.6 Å². The Hall–Kier alpha value is -3.49. The summed E-state index contributed by atoms with van der Waals surface area (Å²) in [6, 6.07) is 15.0. The number of amides is 1. The summed E-state index contributed by atoms with van der Waals surface area (Å²) in [5.74, 6) is -3.07. The fourth-order valence-corrected chi connectivity index (χ4v) is 3.53. The smallest absolute Gasteiger partial charge is 0.258 e. The second-order valence-electron chi connectivity index (χ2n) is 7.91. The van der Waals surface area contributed by atoms with Crippen molar-refractivity contribution < 1.29 is 22.7 Å². The van der Waals surface area contributed by atoms with E-state index in [1.54, 1.807) is 25.2 Å². The minimum absolute atomic E-state index is 0.0993. The summed E-state index contributed by atoms with van der Waals surface area (Å²) in [5.41, 5.74) is 2.51. The van der Waals surface area contributed by atoms with Crippen LogP contribution in [0.15, 0.2) is 59.0 Å². The molecule has 0 aliphatic rings. The molecular formula is C25H22ClF2N3O3. The van der Waals surface area contributed by atoms with Crippen LogP contribution in [0.1, 0.15) is 27.4 Å². The standard InChI is InChI=1S/C25H22ClF2N3O3/c1-15-3-5-16(6-4-15)12-31(2)14-29-25(32)23-18(27)8-10-21(24(23)28)33-13-22-30-19-11-17(26)7-9-20(19)34-22/h3-11H,12-14H2,1-2H3,(H,29,32). The Morgan fingerprint density at radius 2 is 1.91 bits per heavy atom. The molecule has 1 aromatic heterocycles. The van der Waals surface area contributed by atoms with E-state index in [2.05, 4.69) is 10.3 Å². The SMILES string of the molecule is Cc1ccc(CN(C)CNC(=O)c2c(F)ccc(OCc3nc4cc(Cl)ccc4o3)c2F)cc1. The van der Waals surface area contributed by atoms with Crippen molar-refractivity contribution in [2.45, 2.75) is 20.1 Å². The van der Waals surface area contributed by atoms with E-state index in [4.69, 9.17) is 20.8 Å². The molecular weight excluding hydrogens is 464 g/mol. The van der Waals surface area contributed by atoms with Gasteiger partial charge in [0.1, 0.15) is 16.9 Å². The van der Waals surface area contributed by atoms with Crippen molar-refractivity contribution in [1.82, 2.24) is 15.2 Å². The molecule has 0 aliphatic heterocycles. The number of carbonyl (C=O) groups excluding carboxylic acids is 1. The van der Waals surface area contributed by atoms with E-state index >= 15 is 0 Å². The molecule has 0 spiro atoms. The molecule has 3 aromatic carbocycles. The average Bonchev–Trinajstić information content (AvgIpc) is 3.20. The van der Waals surface area contributed by atoms with Gasteiger partial charge in [-0.05, 0) is 49.9 Å². The Kier molecular flexibility index (Phi) is 7.09. The maximum absolute atomic E-state index is 14.9. The molecule has 0 fully saturated rings. The van der Waals surface area contributed by atoms with Gasteiger partial charge in [0.15, 0.2) is 23.8 Å². The van der Waals surface area contributed by atoms with Gasteiger partial charge in [-0.2, -0.15) is 0 Å². The number of nitrogens with one attached hydrogen (secondary N) is 1. The molecule has 0 aliphatic carbocycles. The van der Waals surface area contributed by atoms with Gasteiger partial charge in [-0.15, -0.1) is 0 Å². The minimum atomic E-state index is -1.10. The molecule has 0 unspecified atom stereocenters. The van der Waals surface area contributed by atoms with Gasteiger partial charge >= 0.3 is 0 Å². The molecule has 1 N–H and O–H groups in total. The fourth-order valence-electron chi connectivity index (χ4n) is 3.36. The molecule has 4 rings (SSSR count). The number of halogens is 3. The van der Waals surface area contributed by atoms with Gasteiger partial charge in [-0.1, -0.05) is 41.4 Å². The number of hydrogen-bond acceptors (Lipinski definition) is 5. The summed E-state index contributed by atoms with van der Waals surface area (Å²) in [6.07, 6.45) is 0. The maximum Gasteiger partial charge on any atom is 0.258 e. The lowest BCUT2D eigenvalue weighted by Gasteiger charge is -2.18. The second kappa shape index (κ2) is 10.2. The van der Waals surface area contributed by atoms with Crippen LogP contribution in [-0.2, 0) is 13.2 Å². The lowest BCUT2D eigenvalue weighted by atomic mass is 10.1. The van der Waals surface area contributed by atoms with Crippen molar-refractivity contribution in [2.75, 3.05) is 13.7 Å². The summed E-state index contributed by atoms with van der Waals surface area (Å²) in [6.45, 7) is 2.44. The van der Waals surface area contributed by atoms with Crippen LogP contribution < -0.4 is 10.1 Å². The number of aryl methyl sites for hydroxylation is 1. The van der Waals surface area contributed by atoms with Crippen LogP contribution in [0, 0.1) is 18.6 Å². The van der Waals surface area contributed by atoms with Crippen LogP contribution in [0.4, 0.5) is 8.78 Å². The van der Waals surface area contributed by atoms with Crippen LogP contribution in [0.3, 0.4) is 0 Å². The van der Waals surface area contributed by atoms with Crippen LogP contribution in [0.5, 0.6) is 5.75 Å². The number of aromatic nitrogens is 1. The number of nitrogens with zero attached hydrogens (tertiary/aromatic N) is 2. The fraction of sp³-hybridized carbons (Fsp3) is 0.200. The molecule has 0 saturated heterocycles. The van der Waals surface area contributed by atoms with Crippen molar-refractivity contribution in [1.29, 1.82) is 0 Å². The van der Waals surface area contributed by atoms with Gasteiger partial charge in [0.2, 0.25) is 5.89 Å². The third kappa shape index (κ3) is 5.52. The van der Waals surface area contributed by atoms with Crippen molar-refractivity contribution in [3.8, 4) is 5.75 Å². The molecule has 34 heavy (non-hydrogen) atoms. The molecule has 1 amide bonds. The van der Waals surface area contributed by atoms with Crippen LogP contribution in [-0.4, -0.2) is 29.5 Å². The number of oxazole rings is 1. The highest BCUT2D eigenvalue weighted by molar-refractivity contribution is 6.31. The normalized spacial score (nSPS) is 11.2. The molecule has 176 valence electrons. The molecule has 6 nitrogen and oxygen atoms in total. The Morgan fingerprint density at radius 1 is 1.15 bits per heavy atom. The Balaban J connectivity index is 1.40. The van der Waals surface area contributed by atoms with E-state index in [1.807, 2.05) is 36.1 Å². The van der Waals surface area contributed by atoms with Crippen LogP contribution >= 0.6 is 11.6 Å². The van der Waals surface area contributed by atoms with E-state index in [0.29, 0.717) is 22.7 Å². The van der Waals surface area contributed by atoms with Gasteiger partial charge < -0.3 is 14.5 Å². The van der Waals surface area contributed by atoms with Gasteiger partial charge in [0.05, 0.1) is 6.67 Å². The largest absolute Gasteiger partial charge is 0.481 e. The molecule has 9 heteroatoms. The summed E-state index contributed by atoms with van der Waals surface area (Å²) in [7, 11) is 1.79. The van der Waals surface area contributed by atoms with Crippen molar-refractivity contribution in [2.24, 2.45) is 0 Å². The van der Waals surface area contributed by atoms with E-state index in [1.165, 1.54) is 0 Å². The first kappa shape index (κ1) is 23.7. The lowest BCUT2D eigenvalue weighted by molar-refractivity contribution is 0.0918. The number of hydrogen-bond donors (Lipinski definition) is 1. The second-order valence-corrected chi connectivity index (χ2v) is 8.34. The predicted molar refractivity (Wildman–Crippen MR) is 125 cm³/mol. The first-order valence-corrected chi connectivity index (χ1v) is 10.9.